The molecular formula is C16H25N3O. The molecule has 0 aliphatic rings. The quantitative estimate of drug-likeness (QED) is 0.754. The summed E-state index contributed by atoms with van der Waals surface area (Å²) in [5, 5.41) is 0. The van der Waals surface area contributed by atoms with Crippen LogP contribution in [-0.4, -0.2) is 22.8 Å². The lowest BCUT2D eigenvalue weighted by Crippen LogP contribution is -2.07. The third-order valence-corrected chi connectivity index (χ3v) is 3.39. The molecule has 0 fully saturated rings. The molecule has 0 radical (unpaired) electrons. The van der Waals surface area contributed by atoms with Gasteiger partial charge in [-0.15, -0.1) is 0 Å². The molecule has 0 atom stereocenters. The molecule has 0 saturated heterocycles. The molecule has 1 aromatic heterocycles. The number of imidazole rings is 1. The molecule has 2 N–H and O–H groups in total. The van der Waals surface area contributed by atoms with E-state index >= 15 is 0 Å². The Morgan fingerprint density at radius 1 is 1.20 bits per heavy atom. The van der Waals surface area contributed by atoms with Crippen LogP contribution in [0.3, 0.4) is 0 Å². The number of ether oxygens (including phenoxy) is 1. The van der Waals surface area contributed by atoms with Crippen LogP contribution in [0.15, 0.2) is 18.2 Å². The Morgan fingerprint density at radius 2 is 2.05 bits per heavy atom. The average molecular weight is 275 g/mol. The van der Waals surface area contributed by atoms with Crippen molar-refractivity contribution in [2.45, 2.75) is 46.2 Å². The number of benzene rings is 1. The van der Waals surface area contributed by atoms with E-state index in [1.165, 1.54) is 5.52 Å². The van der Waals surface area contributed by atoms with E-state index in [4.69, 9.17) is 15.5 Å². The smallest absolute Gasteiger partial charge is 0.112 e. The fourth-order valence-corrected chi connectivity index (χ4v) is 2.43. The van der Waals surface area contributed by atoms with Crippen LogP contribution in [0.4, 0.5) is 0 Å². The first-order valence-corrected chi connectivity index (χ1v) is 7.56. The molecular weight excluding hydrogens is 250 g/mol. The molecule has 4 nitrogen and oxygen atoms in total. The molecule has 2 rings (SSSR count). The summed E-state index contributed by atoms with van der Waals surface area (Å²) < 4.78 is 7.90. The molecule has 0 spiro atoms. The average Bonchev–Trinajstić information content (AvgIpc) is 2.81. The predicted molar refractivity (Wildman–Crippen MR) is 82.7 cm³/mol. The number of aromatic nitrogens is 2. The van der Waals surface area contributed by atoms with Crippen molar-refractivity contribution < 1.29 is 4.74 Å². The maximum atomic E-state index is 5.70. The summed E-state index contributed by atoms with van der Waals surface area (Å²) in [4.78, 5) is 4.76. The number of nitrogens with zero attached hydrogens (tertiary/aromatic N) is 2. The Kier molecular flexibility index (Phi) is 5.56. The maximum Gasteiger partial charge on any atom is 0.112 e. The molecule has 0 bridgehead atoms. The zero-order valence-corrected chi connectivity index (χ0v) is 12.6. The second-order valence-corrected chi connectivity index (χ2v) is 5.07. The highest BCUT2D eigenvalue weighted by atomic mass is 16.5. The van der Waals surface area contributed by atoms with E-state index in [9.17, 15) is 0 Å². The third-order valence-electron chi connectivity index (χ3n) is 3.39. The van der Waals surface area contributed by atoms with Gasteiger partial charge in [0.1, 0.15) is 5.82 Å². The van der Waals surface area contributed by atoms with Crippen LogP contribution in [0.1, 0.15) is 38.1 Å². The van der Waals surface area contributed by atoms with E-state index in [0.29, 0.717) is 6.54 Å². The number of aryl methyl sites for hydroxylation is 1. The summed E-state index contributed by atoms with van der Waals surface area (Å²) in [7, 11) is 0. The Morgan fingerprint density at radius 3 is 2.75 bits per heavy atom. The molecule has 1 heterocycles. The van der Waals surface area contributed by atoms with Gasteiger partial charge < -0.3 is 15.0 Å². The molecule has 0 aliphatic carbocycles. The van der Waals surface area contributed by atoms with Crippen molar-refractivity contribution in [3.63, 3.8) is 0 Å². The minimum absolute atomic E-state index is 0.561. The van der Waals surface area contributed by atoms with Crippen LogP contribution in [0.5, 0.6) is 0 Å². The van der Waals surface area contributed by atoms with Gasteiger partial charge in [0.15, 0.2) is 0 Å². The lowest BCUT2D eigenvalue weighted by Gasteiger charge is -2.08. The predicted octanol–water partition coefficient (Wildman–Crippen LogP) is 2.87. The molecule has 0 saturated carbocycles. The zero-order valence-electron chi connectivity index (χ0n) is 12.6. The molecule has 4 heteroatoms. The van der Waals surface area contributed by atoms with Crippen molar-refractivity contribution in [2.75, 3.05) is 13.2 Å². The molecule has 1 aromatic carbocycles. The Bertz CT molecular complexity index is 548. The van der Waals surface area contributed by atoms with Crippen LogP contribution >= 0.6 is 0 Å². The van der Waals surface area contributed by atoms with Gasteiger partial charge in [-0.05, 0) is 30.5 Å². The van der Waals surface area contributed by atoms with E-state index in [-0.39, 0.29) is 0 Å². The van der Waals surface area contributed by atoms with Crippen LogP contribution in [0, 0.1) is 0 Å². The minimum atomic E-state index is 0.561. The molecule has 0 amide bonds. The lowest BCUT2D eigenvalue weighted by atomic mass is 10.2. The van der Waals surface area contributed by atoms with Crippen molar-refractivity contribution in [3.8, 4) is 0 Å². The van der Waals surface area contributed by atoms with Crippen LogP contribution in [0.2, 0.25) is 0 Å². The van der Waals surface area contributed by atoms with Gasteiger partial charge in [0.2, 0.25) is 0 Å². The summed E-state index contributed by atoms with van der Waals surface area (Å²) in [6.07, 6.45) is 3.03. The zero-order chi connectivity index (χ0) is 14.4. The number of hydrogen-bond acceptors (Lipinski definition) is 3. The van der Waals surface area contributed by atoms with E-state index in [1.54, 1.807) is 0 Å². The Balaban J connectivity index is 2.24. The van der Waals surface area contributed by atoms with Crippen molar-refractivity contribution >= 4 is 11.0 Å². The first kappa shape index (κ1) is 15.0. The van der Waals surface area contributed by atoms with Crippen LogP contribution < -0.4 is 5.73 Å². The van der Waals surface area contributed by atoms with Gasteiger partial charge in [-0.1, -0.05) is 19.9 Å². The summed E-state index contributed by atoms with van der Waals surface area (Å²) in [6, 6.07) is 6.32. The number of nitrogens with two attached hydrogens (primary N) is 1. The maximum absolute atomic E-state index is 5.70. The number of rotatable bonds is 8. The highest BCUT2D eigenvalue weighted by Crippen LogP contribution is 2.19. The summed E-state index contributed by atoms with van der Waals surface area (Å²) in [5.74, 6) is 1.12. The van der Waals surface area contributed by atoms with Crippen molar-refractivity contribution in [1.82, 2.24) is 9.55 Å². The van der Waals surface area contributed by atoms with Gasteiger partial charge in [-0.3, -0.25) is 0 Å². The van der Waals surface area contributed by atoms with Crippen LogP contribution in [-0.2, 0) is 24.2 Å². The van der Waals surface area contributed by atoms with Crippen molar-refractivity contribution in [2.24, 2.45) is 5.73 Å². The standard InChI is InChI=1S/C16H25N3O/c1-3-8-19-15-6-5-13(12-17)11-14(15)18-16(19)7-10-20-9-4-2/h5-6,11H,3-4,7-10,12,17H2,1-2H3. The highest BCUT2D eigenvalue weighted by molar-refractivity contribution is 5.77. The molecule has 0 unspecified atom stereocenters. The largest absolute Gasteiger partial charge is 0.381 e. The van der Waals surface area contributed by atoms with Gasteiger partial charge in [0.25, 0.3) is 0 Å². The monoisotopic (exact) mass is 275 g/mol. The van der Waals surface area contributed by atoms with Crippen LogP contribution in [0.25, 0.3) is 11.0 Å². The highest BCUT2D eigenvalue weighted by Gasteiger charge is 2.10. The Labute approximate surface area is 120 Å². The molecule has 110 valence electrons. The minimum Gasteiger partial charge on any atom is -0.381 e. The Hall–Kier alpha value is -1.39. The fraction of sp³-hybridized carbons (Fsp3) is 0.562. The summed E-state index contributed by atoms with van der Waals surface area (Å²) >= 11 is 0. The third kappa shape index (κ3) is 3.38. The SMILES string of the molecule is CCCOCCc1nc2cc(CN)ccc2n1CCC. The second kappa shape index (κ2) is 7.41. The first-order chi connectivity index (χ1) is 9.80. The summed E-state index contributed by atoms with van der Waals surface area (Å²) in [6.45, 7) is 7.45. The van der Waals surface area contributed by atoms with Crippen molar-refractivity contribution in [1.29, 1.82) is 0 Å². The van der Waals surface area contributed by atoms with Gasteiger partial charge in [0.05, 0.1) is 17.6 Å². The van der Waals surface area contributed by atoms with E-state index in [1.807, 2.05) is 0 Å². The topological polar surface area (TPSA) is 53.1 Å². The van der Waals surface area contributed by atoms with Gasteiger partial charge in [-0.2, -0.15) is 0 Å². The molecule has 2 aromatic rings. The first-order valence-electron chi connectivity index (χ1n) is 7.56. The van der Waals surface area contributed by atoms with E-state index in [0.717, 1.165) is 55.9 Å². The number of hydrogen-bond donors (Lipinski definition) is 1. The van der Waals surface area contributed by atoms with E-state index < -0.39 is 0 Å². The van der Waals surface area contributed by atoms with Gasteiger partial charge >= 0.3 is 0 Å². The lowest BCUT2D eigenvalue weighted by molar-refractivity contribution is 0.136. The molecule has 20 heavy (non-hydrogen) atoms. The van der Waals surface area contributed by atoms with E-state index in [2.05, 4.69) is 36.6 Å². The summed E-state index contributed by atoms with van der Waals surface area (Å²) in [5.41, 5.74) is 9.09. The normalized spacial score (nSPS) is 11.3. The number of fused-ring (bicyclic) bond motifs is 1. The van der Waals surface area contributed by atoms with Crippen molar-refractivity contribution in [3.05, 3.63) is 29.6 Å². The van der Waals surface area contributed by atoms with Gasteiger partial charge in [-0.25, -0.2) is 4.98 Å². The second-order valence-electron chi connectivity index (χ2n) is 5.07. The fourth-order valence-electron chi connectivity index (χ4n) is 2.43. The molecule has 0 aliphatic heterocycles. The van der Waals surface area contributed by atoms with Gasteiger partial charge in [0, 0.05) is 26.1 Å².